The number of amides is 1. The minimum Gasteiger partial charge on any atom is -0.339 e. The van der Waals surface area contributed by atoms with Crippen molar-refractivity contribution in [2.45, 2.75) is 15.9 Å². The van der Waals surface area contributed by atoms with Crippen LogP contribution in [0.3, 0.4) is 0 Å². The summed E-state index contributed by atoms with van der Waals surface area (Å²) in [6.45, 7) is 0. The lowest BCUT2D eigenvalue weighted by molar-refractivity contribution is -0.122. The largest absolute Gasteiger partial charge is 0.339 e. The molecule has 0 spiro atoms. The Hall–Kier alpha value is -1.73. The van der Waals surface area contributed by atoms with Gasteiger partial charge in [-0.3, -0.25) is 4.79 Å². The van der Waals surface area contributed by atoms with Crippen LogP contribution in [0.2, 0.25) is 10.0 Å². The summed E-state index contributed by atoms with van der Waals surface area (Å²) in [6.07, 6.45) is -1.14. The fourth-order valence-corrected chi connectivity index (χ4v) is 4.10. The number of nitrogens with one attached hydrogen (secondary N) is 3. The van der Waals surface area contributed by atoms with Crippen molar-refractivity contribution in [3.05, 3.63) is 100 Å². The van der Waals surface area contributed by atoms with Crippen molar-refractivity contribution in [3.63, 3.8) is 0 Å². The Morgan fingerprint density at radius 3 is 1.85 bits per heavy atom. The maximum absolute atomic E-state index is 13.4. The normalized spacial score (nSPS) is 12.2. The molecule has 1 atom stereocenters. The topological polar surface area (TPSA) is 53.2 Å². The lowest BCUT2D eigenvalue weighted by Crippen LogP contribution is -2.57. The summed E-state index contributed by atoms with van der Waals surface area (Å²) in [6, 6.07) is 23.5. The van der Waals surface area contributed by atoms with Crippen LogP contribution in [0.25, 0.3) is 0 Å². The second-order valence-electron chi connectivity index (χ2n) is 6.96. The lowest BCUT2D eigenvalue weighted by atomic mass is 9.90. The number of benzene rings is 3. The average Bonchev–Trinajstić information content (AvgIpc) is 2.76. The molecule has 33 heavy (non-hydrogen) atoms. The Bertz CT molecular complexity index is 1070. The first kappa shape index (κ1) is 25.9. The molecule has 0 heterocycles. The number of carbonyl (C=O) groups is 1. The molecule has 0 bridgehead atoms. The second kappa shape index (κ2) is 11.6. The van der Waals surface area contributed by atoms with Crippen LogP contribution < -0.4 is 16.0 Å². The minimum atomic E-state index is -1.91. The molecule has 0 aliphatic heterocycles. The minimum absolute atomic E-state index is 0.0896. The van der Waals surface area contributed by atoms with Gasteiger partial charge in [0.05, 0.1) is 16.6 Å². The van der Waals surface area contributed by atoms with Crippen LogP contribution >= 0.6 is 70.2 Å². The molecule has 0 fully saturated rings. The Morgan fingerprint density at radius 1 is 0.818 bits per heavy atom. The number of hydrogen-bond donors (Lipinski definition) is 3. The van der Waals surface area contributed by atoms with Gasteiger partial charge in [-0.05, 0) is 41.5 Å². The van der Waals surface area contributed by atoms with Gasteiger partial charge in [-0.1, -0.05) is 119 Å². The van der Waals surface area contributed by atoms with Crippen LogP contribution in [0.4, 0.5) is 5.69 Å². The fraction of sp³-hybridized carbons (Fsp3) is 0.130. The molecule has 3 aromatic rings. The SMILES string of the molecule is O=C(N[C@H](NC(=S)Nc1ccc(Cl)cc1Cl)C(Cl)(Cl)Cl)C(c1ccccc1)c1ccccc1. The Morgan fingerprint density at radius 2 is 1.36 bits per heavy atom. The van der Waals surface area contributed by atoms with E-state index in [1.54, 1.807) is 18.2 Å². The molecule has 3 N–H and O–H groups in total. The summed E-state index contributed by atoms with van der Waals surface area (Å²) in [7, 11) is 0. The molecule has 4 nitrogen and oxygen atoms in total. The number of rotatable bonds is 6. The predicted octanol–water partition coefficient (Wildman–Crippen LogP) is 6.92. The van der Waals surface area contributed by atoms with Gasteiger partial charge in [0, 0.05) is 5.02 Å². The van der Waals surface area contributed by atoms with Crippen LogP contribution in [-0.2, 0) is 4.79 Å². The predicted molar refractivity (Wildman–Crippen MR) is 143 cm³/mol. The number of halogens is 5. The summed E-state index contributed by atoms with van der Waals surface area (Å²) in [4.78, 5) is 13.4. The van der Waals surface area contributed by atoms with E-state index in [0.717, 1.165) is 11.1 Å². The van der Waals surface area contributed by atoms with Crippen molar-refractivity contribution < 1.29 is 4.79 Å². The molecule has 3 aromatic carbocycles. The maximum Gasteiger partial charge on any atom is 0.233 e. The van der Waals surface area contributed by atoms with Crippen LogP contribution in [0, 0.1) is 0 Å². The van der Waals surface area contributed by atoms with Gasteiger partial charge in [0.15, 0.2) is 5.11 Å². The number of anilines is 1. The molecule has 172 valence electrons. The van der Waals surface area contributed by atoms with E-state index in [1.807, 2.05) is 60.7 Å². The van der Waals surface area contributed by atoms with Crippen molar-refractivity contribution in [1.29, 1.82) is 0 Å². The average molecular weight is 562 g/mol. The Labute approximate surface area is 222 Å². The van der Waals surface area contributed by atoms with Gasteiger partial charge in [0.25, 0.3) is 0 Å². The third-order valence-electron chi connectivity index (χ3n) is 4.60. The molecule has 0 aromatic heterocycles. The van der Waals surface area contributed by atoms with Gasteiger partial charge in [-0.25, -0.2) is 0 Å². The highest BCUT2D eigenvalue weighted by Crippen LogP contribution is 2.31. The molecular formula is C23H18Cl5N3OS. The second-order valence-corrected chi connectivity index (χ2v) is 10.6. The number of carbonyl (C=O) groups excluding carboxylic acids is 1. The molecule has 0 unspecified atom stereocenters. The summed E-state index contributed by atoms with van der Waals surface area (Å²) >= 11 is 35.9. The maximum atomic E-state index is 13.4. The highest BCUT2D eigenvalue weighted by atomic mass is 35.6. The fourth-order valence-electron chi connectivity index (χ4n) is 3.09. The number of thiocarbonyl (C=S) groups is 1. The van der Waals surface area contributed by atoms with Gasteiger partial charge in [-0.2, -0.15) is 0 Å². The van der Waals surface area contributed by atoms with E-state index in [2.05, 4.69) is 16.0 Å². The first-order chi connectivity index (χ1) is 15.6. The molecule has 0 radical (unpaired) electrons. The molecular weight excluding hydrogens is 544 g/mol. The van der Waals surface area contributed by atoms with E-state index in [-0.39, 0.29) is 11.0 Å². The number of hydrogen-bond acceptors (Lipinski definition) is 2. The summed E-state index contributed by atoms with van der Waals surface area (Å²) in [5.41, 5.74) is 2.08. The van der Waals surface area contributed by atoms with E-state index in [4.69, 9.17) is 70.2 Å². The van der Waals surface area contributed by atoms with E-state index >= 15 is 0 Å². The molecule has 1 amide bonds. The zero-order valence-corrected chi connectivity index (χ0v) is 21.5. The number of alkyl halides is 3. The summed E-state index contributed by atoms with van der Waals surface area (Å²) < 4.78 is -1.91. The molecule has 0 saturated heterocycles. The smallest absolute Gasteiger partial charge is 0.233 e. The van der Waals surface area contributed by atoms with Gasteiger partial charge < -0.3 is 16.0 Å². The van der Waals surface area contributed by atoms with Gasteiger partial charge >= 0.3 is 0 Å². The van der Waals surface area contributed by atoms with E-state index in [1.165, 1.54) is 0 Å². The van der Waals surface area contributed by atoms with E-state index in [0.29, 0.717) is 15.7 Å². The third-order valence-corrected chi connectivity index (χ3v) is 6.02. The van der Waals surface area contributed by atoms with Crippen LogP contribution in [0.1, 0.15) is 17.0 Å². The van der Waals surface area contributed by atoms with E-state index < -0.39 is 15.9 Å². The highest BCUT2D eigenvalue weighted by molar-refractivity contribution is 7.80. The van der Waals surface area contributed by atoms with Gasteiger partial charge in [-0.15, -0.1) is 0 Å². The molecule has 0 aliphatic carbocycles. The van der Waals surface area contributed by atoms with Crippen molar-refractivity contribution in [2.24, 2.45) is 0 Å². The van der Waals surface area contributed by atoms with Gasteiger partial charge in [0.2, 0.25) is 9.70 Å². The highest BCUT2D eigenvalue weighted by Gasteiger charge is 2.36. The van der Waals surface area contributed by atoms with E-state index in [9.17, 15) is 4.79 Å². The summed E-state index contributed by atoms with van der Waals surface area (Å²) in [5, 5.41) is 9.43. The van der Waals surface area contributed by atoms with Crippen LogP contribution in [0.15, 0.2) is 78.9 Å². The zero-order valence-electron chi connectivity index (χ0n) is 16.9. The van der Waals surface area contributed by atoms with Crippen molar-refractivity contribution >= 4 is 86.9 Å². The molecule has 0 aliphatic rings. The first-order valence-electron chi connectivity index (χ1n) is 9.64. The van der Waals surface area contributed by atoms with Crippen LogP contribution in [0.5, 0.6) is 0 Å². The quantitative estimate of drug-likeness (QED) is 0.174. The standard InChI is InChI=1S/C23H18Cl5N3OS/c24-16-11-12-18(17(25)13-16)29-22(33)31-21(23(26,27)28)30-20(32)19(14-7-3-1-4-8-14)15-9-5-2-6-10-15/h1-13,19,21H,(H,30,32)(H2,29,31,33)/t21-/m1/s1. The van der Waals surface area contributed by atoms with Crippen molar-refractivity contribution in [3.8, 4) is 0 Å². The molecule has 0 saturated carbocycles. The summed E-state index contributed by atoms with van der Waals surface area (Å²) in [5.74, 6) is -1.00. The van der Waals surface area contributed by atoms with Gasteiger partial charge in [0.1, 0.15) is 6.17 Å². The first-order valence-corrected chi connectivity index (χ1v) is 11.9. The Kier molecular flexibility index (Phi) is 9.10. The molecule has 3 rings (SSSR count). The lowest BCUT2D eigenvalue weighted by Gasteiger charge is -2.30. The van der Waals surface area contributed by atoms with Crippen LogP contribution in [-0.4, -0.2) is 21.0 Å². The monoisotopic (exact) mass is 559 g/mol. The zero-order chi connectivity index (χ0) is 24.0. The van der Waals surface area contributed by atoms with Crippen molar-refractivity contribution in [2.75, 3.05) is 5.32 Å². The molecule has 10 heteroatoms. The third kappa shape index (κ3) is 7.38. The Balaban J connectivity index is 1.81. The van der Waals surface area contributed by atoms with Crippen molar-refractivity contribution in [1.82, 2.24) is 10.6 Å².